The molecule has 0 atom stereocenters. The average Bonchev–Trinajstić information content (AvgIpc) is 2.18. The van der Waals surface area contributed by atoms with Crippen molar-refractivity contribution in [2.45, 2.75) is 38.4 Å². The third-order valence-corrected chi connectivity index (χ3v) is 2.65. The van der Waals surface area contributed by atoms with Gasteiger partial charge in [0, 0.05) is 14.2 Å². The second-order valence-electron chi connectivity index (χ2n) is 3.33. The summed E-state index contributed by atoms with van der Waals surface area (Å²) in [5, 5.41) is 0. The topological polar surface area (TPSA) is 18.5 Å². The first-order valence-corrected chi connectivity index (χ1v) is 4.53. The van der Waals surface area contributed by atoms with Gasteiger partial charge in [0.2, 0.25) is 0 Å². The number of hydrogen-bond acceptors (Lipinski definition) is 2. The number of ether oxygens (including phenoxy) is 2. The lowest BCUT2D eigenvalue weighted by atomic mass is 9.94. The van der Waals surface area contributed by atoms with Crippen LogP contribution in [0.5, 0.6) is 0 Å². The lowest BCUT2D eigenvalue weighted by Crippen LogP contribution is -2.32. The largest absolute Gasteiger partial charge is 0.350 e. The predicted molar refractivity (Wildman–Crippen MR) is 49.0 cm³/mol. The molecule has 0 aromatic heterocycles. The van der Waals surface area contributed by atoms with Crippen LogP contribution in [-0.2, 0) is 9.47 Å². The second-order valence-corrected chi connectivity index (χ2v) is 3.33. The predicted octanol–water partition coefficient (Wildman–Crippen LogP) is 2.50. The maximum Gasteiger partial charge on any atom is 0.187 e. The Labute approximate surface area is 74.6 Å². The molecule has 0 unspecified atom stereocenters. The van der Waals surface area contributed by atoms with Gasteiger partial charge in [-0.25, -0.2) is 0 Å². The molecule has 0 heterocycles. The minimum absolute atomic E-state index is 0.486. The molecule has 1 aliphatic rings. The molecular weight excluding hydrogens is 152 g/mol. The monoisotopic (exact) mass is 170 g/mol. The summed E-state index contributed by atoms with van der Waals surface area (Å²) in [6.07, 6.45) is 7.08. The summed E-state index contributed by atoms with van der Waals surface area (Å²) in [4.78, 5) is 0. The lowest BCUT2D eigenvalue weighted by molar-refractivity contribution is -0.166. The van der Waals surface area contributed by atoms with E-state index in [2.05, 4.69) is 6.08 Å². The van der Waals surface area contributed by atoms with E-state index in [4.69, 9.17) is 9.47 Å². The van der Waals surface area contributed by atoms with Gasteiger partial charge in [0.1, 0.15) is 0 Å². The van der Waals surface area contributed by atoms with Crippen molar-refractivity contribution in [2.75, 3.05) is 14.2 Å². The first-order valence-electron chi connectivity index (χ1n) is 4.53. The van der Waals surface area contributed by atoms with E-state index < -0.39 is 5.79 Å². The maximum atomic E-state index is 5.34. The van der Waals surface area contributed by atoms with Crippen LogP contribution in [0, 0.1) is 0 Å². The van der Waals surface area contributed by atoms with E-state index >= 15 is 0 Å². The van der Waals surface area contributed by atoms with E-state index in [1.165, 1.54) is 18.4 Å². The van der Waals surface area contributed by atoms with Gasteiger partial charge in [-0.15, -0.1) is 0 Å². The van der Waals surface area contributed by atoms with E-state index in [-0.39, 0.29) is 0 Å². The summed E-state index contributed by atoms with van der Waals surface area (Å²) >= 11 is 0. The molecule has 0 saturated heterocycles. The third kappa shape index (κ3) is 1.87. The maximum absolute atomic E-state index is 5.34. The molecule has 1 rings (SSSR count). The van der Waals surface area contributed by atoms with Crippen molar-refractivity contribution in [1.82, 2.24) is 0 Å². The van der Waals surface area contributed by atoms with Crippen molar-refractivity contribution in [1.29, 1.82) is 0 Å². The zero-order valence-electron chi connectivity index (χ0n) is 8.22. The molecule has 0 amide bonds. The highest BCUT2D eigenvalue weighted by molar-refractivity contribution is 5.14. The molecule has 0 aromatic rings. The van der Waals surface area contributed by atoms with E-state index in [1.807, 2.05) is 6.92 Å². The van der Waals surface area contributed by atoms with Gasteiger partial charge in [-0.2, -0.15) is 0 Å². The second kappa shape index (κ2) is 4.06. The average molecular weight is 170 g/mol. The molecule has 2 nitrogen and oxygen atoms in total. The smallest absolute Gasteiger partial charge is 0.187 e. The van der Waals surface area contributed by atoms with E-state index in [1.54, 1.807) is 14.2 Å². The van der Waals surface area contributed by atoms with Gasteiger partial charge in [0.05, 0.1) is 0 Å². The molecule has 0 N–H and O–H groups in total. The van der Waals surface area contributed by atoms with Crippen LogP contribution in [0.3, 0.4) is 0 Å². The van der Waals surface area contributed by atoms with Crippen LogP contribution in [0.1, 0.15) is 32.6 Å². The number of allylic oxidation sites excluding steroid dienone is 1. The van der Waals surface area contributed by atoms with Crippen molar-refractivity contribution in [3.8, 4) is 0 Å². The summed E-state index contributed by atoms with van der Waals surface area (Å²) in [5.41, 5.74) is 1.29. The molecule has 0 bridgehead atoms. The van der Waals surface area contributed by atoms with Gasteiger partial charge in [-0.05, 0) is 38.2 Å². The van der Waals surface area contributed by atoms with Crippen molar-refractivity contribution >= 4 is 0 Å². The van der Waals surface area contributed by atoms with Crippen LogP contribution in [-0.4, -0.2) is 20.0 Å². The standard InChI is InChI=1S/C10H18O2/c1-10(11-2,12-3)9-7-5-4-6-8-9/h7H,4-6,8H2,1-3H3. The fourth-order valence-electron chi connectivity index (χ4n) is 1.60. The molecule has 12 heavy (non-hydrogen) atoms. The fourth-order valence-corrected chi connectivity index (χ4v) is 1.60. The molecule has 0 saturated carbocycles. The molecule has 70 valence electrons. The van der Waals surface area contributed by atoms with Crippen LogP contribution in [0.25, 0.3) is 0 Å². The highest BCUT2D eigenvalue weighted by atomic mass is 16.7. The third-order valence-electron chi connectivity index (χ3n) is 2.65. The van der Waals surface area contributed by atoms with E-state index in [9.17, 15) is 0 Å². The van der Waals surface area contributed by atoms with Crippen LogP contribution >= 0.6 is 0 Å². The highest BCUT2D eigenvalue weighted by Crippen LogP contribution is 2.29. The highest BCUT2D eigenvalue weighted by Gasteiger charge is 2.28. The van der Waals surface area contributed by atoms with Gasteiger partial charge in [-0.1, -0.05) is 6.08 Å². The van der Waals surface area contributed by atoms with Crippen molar-refractivity contribution in [2.24, 2.45) is 0 Å². The molecular formula is C10H18O2. The Kier molecular flexibility index (Phi) is 3.29. The Hall–Kier alpha value is -0.340. The van der Waals surface area contributed by atoms with Gasteiger partial charge in [0.25, 0.3) is 0 Å². The molecule has 1 aliphatic carbocycles. The number of hydrogen-bond donors (Lipinski definition) is 0. The molecule has 0 aliphatic heterocycles. The Morgan fingerprint density at radius 3 is 2.33 bits per heavy atom. The minimum atomic E-state index is -0.486. The Bertz CT molecular complexity index is 169. The Morgan fingerprint density at radius 1 is 1.25 bits per heavy atom. The van der Waals surface area contributed by atoms with Crippen molar-refractivity contribution in [3.05, 3.63) is 11.6 Å². The summed E-state index contributed by atoms with van der Waals surface area (Å²) < 4.78 is 10.7. The van der Waals surface area contributed by atoms with Crippen molar-refractivity contribution < 1.29 is 9.47 Å². The summed E-state index contributed by atoms with van der Waals surface area (Å²) in [6.45, 7) is 1.98. The summed E-state index contributed by atoms with van der Waals surface area (Å²) in [6, 6.07) is 0. The lowest BCUT2D eigenvalue weighted by Gasteiger charge is -2.31. The number of rotatable bonds is 3. The van der Waals surface area contributed by atoms with Crippen molar-refractivity contribution in [3.63, 3.8) is 0 Å². The van der Waals surface area contributed by atoms with E-state index in [0.717, 1.165) is 12.8 Å². The molecule has 0 fully saturated rings. The van der Waals surface area contributed by atoms with E-state index in [0.29, 0.717) is 0 Å². The molecule has 2 heteroatoms. The molecule has 0 aromatic carbocycles. The SMILES string of the molecule is COC(C)(OC)C1=CCCCC1. The van der Waals surface area contributed by atoms with Crippen LogP contribution in [0.2, 0.25) is 0 Å². The molecule has 0 spiro atoms. The van der Waals surface area contributed by atoms with Gasteiger partial charge in [-0.3, -0.25) is 0 Å². The number of methoxy groups -OCH3 is 2. The normalized spacial score (nSPS) is 19.1. The van der Waals surface area contributed by atoms with Gasteiger partial charge < -0.3 is 9.47 Å². The van der Waals surface area contributed by atoms with Gasteiger partial charge >= 0.3 is 0 Å². The quantitative estimate of drug-likeness (QED) is 0.478. The zero-order chi connectivity index (χ0) is 9.03. The Balaban J connectivity index is 2.70. The summed E-state index contributed by atoms with van der Waals surface area (Å²) in [7, 11) is 3.39. The zero-order valence-corrected chi connectivity index (χ0v) is 8.22. The Morgan fingerprint density at radius 2 is 1.92 bits per heavy atom. The summed E-state index contributed by atoms with van der Waals surface area (Å²) in [5.74, 6) is -0.486. The fraction of sp³-hybridized carbons (Fsp3) is 0.800. The van der Waals surface area contributed by atoms with Crippen LogP contribution in [0.4, 0.5) is 0 Å². The first-order chi connectivity index (χ1) is 5.73. The van der Waals surface area contributed by atoms with Crippen LogP contribution < -0.4 is 0 Å². The van der Waals surface area contributed by atoms with Crippen LogP contribution in [0.15, 0.2) is 11.6 Å². The molecule has 0 radical (unpaired) electrons. The first kappa shape index (κ1) is 9.75. The van der Waals surface area contributed by atoms with Gasteiger partial charge in [0.15, 0.2) is 5.79 Å². The minimum Gasteiger partial charge on any atom is -0.350 e.